The number of amides is 2. The Morgan fingerprint density at radius 1 is 0.909 bits per heavy atom. The van der Waals surface area contributed by atoms with Gasteiger partial charge in [-0.25, -0.2) is 0 Å². The number of hydrogen-bond donors (Lipinski definition) is 0. The van der Waals surface area contributed by atoms with E-state index in [0.717, 1.165) is 36.3 Å². The van der Waals surface area contributed by atoms with Crippen molar-refractivity contribution in [3.05, 3.63) is 94.4 Å². The Balaban J connectivity index is 1.75. The van der Waals surface area contributed by atoms with Gasteiger partial charge >= 0.3 is 0 Å². The molecule has 0 saturated carbocycles. The third kappa shape index (κ3) is 7.50. The van der Waals surface area contributed by atoms with E-state index in [4.69, 9.17) is 16.0 Å². The van der Waals surface area contributed by atoms with Crippen LogP contribution < -0.4 is 0 Å². The molecule has 0 aliphatic rings. The molecule has 0 radical (unpaired) electrons. The molecule has 0 N–H and O–H groups in total. The highest BCUT2D eigenvalue weighted by Crippen LogP contribution is 2.15. The Morgan fingerprint density at radius 3 is 2.27 bits per heavy atom. The molecule has 3 rings (SSSR count). The monoisotopic (exact) mass is 466 g/mol. The van der Waals surface area contributed by atoms with E-state index in [2.05, 4.69) is 19.1 Å². The molecule has 0 atom stereocenters. The van der Waals surface area contributed by atoms with Gasteiger partial charge in [-0.2, -0.15) is 0 Å². The number of hydrogen-bond acceptors (Lipinski definition) is 3. The third-order valence-corrected chi connectivity index (χ3v) is 5.75. The van der Waals surface area contributed by atoms with E-state index in [1.54, 1.807) is 34.1 Å². The van der Waals surface area contributed by atoms with Gasteiger partial charge < -0.3 is 14.2 Å². The van der Waals surface area contributed by atoms with Gasteiger partial charge in [0, 0.05) is 23.7 Å². The summed E-state index contributed by atoms with van der Waals surface area (Å²) in [6.45, 7) is 5.41. The predicted molar refractivity (Wildman–Crippen MR) is 131 cm³/mol. The van der Waals surface area contributed by atoms with E-state index in [9.17, 15) is 9.59 Å². The molecule has 0 fully saturated rings. The van der Waals surface area contributed by atoms with Crippen molar-refractivity contribution in [1.29, 1.82) is 0 Å². The van der Waals surface area contributed by atoms with Gasteiger partial charge in [-0.3, -0.25) is 9.59 Å². The summed E-state index contributed by atoms with van der Waals surface area (Å²) in [5.41, 5.74) is 1.69. The van der Waals surface area contributed by atoms with E-state index in [-0.39, 0.29) is 18.4 Å². The van der Waals surface area contributed by atoms with E-state index in [1.165, 1.54) is 0 Å². The van der Waals surface area contributed by atoms with Crippen LogP contribution in [0.3, 0.4) is 0 Å². The van der Waals surface area contributed by atoms with Gasteiger partial charge in [0.2, 0.25) is 5.91 Å². The average molecular weight is 467 g/mol. The number of carbonyl (C=O) groups is 2. The largest absolute Gasteiger partial charge is 0.464 e. The molecule has 0 aliphatic carbocycles. The number of carbonyl (C=O) groups excluding carboxylic acids is 2. The standard InChI is InChI=1S/C27H31ClN2O3/c1-3-4-17-30(27(32)23-11-13-24(28)14-12-23)20-26(31)29(19-25-15-10-21(2)33-25)18-16-22-8-6-5-7-9-22/h5-15H,3-4,16-20H2,1-2H3. The Labute approximate surface area is 201 Å². The molecule has 0 spiro atoms. The molecule has 6 heteroatoms. The summed E-state index contributed by atoms with van der Waals surface area (Å²) >= 11 is 5.97. The molecule has 0 aliphatic heterocycles. The minimum atomic E-state index is -0.162. The zero-order valence-electron chi connectivity index (χ0n) is 19.3. The van der Waals surface area contributed by atoms with Gasteiger partial charge in [-0.05, 0) is 61.7 Å². The number of nitrogens with zero attached hydrogens (tertiary/aromatic N) is 2. The first kappa shape index (κ1) is 24.6. The van der Waals surface area contributed by atoms with Gasteiger partial charge in [0.05, 0.1) is 6.54 Å². The molecule has 1 aromatic heterocycles. The van der Waals surface area contributed by atoms with Crippen LogP contribution in [-0.2, 0) is 17.8 Å². The second-order valence-corrected chi connectivity index (χ2v) is 8.59. The third-order valence-electron chi connectivity index (χ3n) is 5.49. The van der Waals surface area contributed by atoms with E-state index < -0.39 is 0 Å². The van der Waals surface area contributed by atoms with E-state index >= 15 is 0 Å². The number of halogens is 1. The maximum Gasteiger partial charge on any atom is 0.254 e. The summed E-state index contributed by atoms with van der Waals surface area (Å²) in [5, 5.41) is 0.573. The Bertz CT molecular complexity index is 1030. The van der Waals surface area contributed by atoms with Gasteiger partial charge in [-0.15, -0.1) is 0 Å². The lowest BCUT2D eigenvalue weighted by molar-refractivity contribution is -0.132. The maximum absolute atomic E-state index is 13.4. The topological polar surface area (TPSA) is 53.8 Å². The summed E-state index contributed by atoms with van der Waals surface area (Å²) < 4.78 is 5.73. The highest BCUT2D eigenvalue weighted by Gasteiger charge is 2.23. The molecule has 0 unspecified atom stereocenters. The van der Waals surface area contributed by atoms with Crippen molar-refractivity contribution in [2.75, 3.05) is 19.6 Å². The predicted octanol–water partition coefficient (Wildman–Crippen LogP) is 5.76. The zero-order chi connectivity index (χ0) is 23.6. The van der Waals surface area contributed by atoms with Gasteiger partial charge in [-0.1, -0.05) is 55.3 Å². The SMILES string of the molecule is CCCCN(CC(=O)N(CCc1ccccc1)Cc1ccc(C)o1)C(=O)c1ccc(Cl)cc1. The molecule has 2 aromatic carbocycles. The number of aryl methyl sites for hydroxylation is 1. The molecule has 2 amide bonds. The molecule has 0 saturated heterocycles. The maximum atomic E-state index is 13.4. The van der Waals surface area contributed by atoms with Crippen molar-refractivity contribution in [3.63, 3.8) is 0 Å². The zero-order valence-corrected chi connectivity index (χ0v) is 20.1. The fourth-order valence-electron chi connectivity index (χ4n) is 3.60. The van der Waals surface area contributed by atoms with Gasteiger partial charge in [0.15, 0.2) is 0 Å². The lowest BCUT2D eigenvalue weighted by Gasteiger charge is -2.27. The number of rotatable bonds is 11. The lowest BCUT2D eigenvalue weighted by Crippen LogP contribution is -2.43. The summed E-state index contributed by atoms with van der Waals surface area (Å²) in [5.74, 6) is 1.28. The second-order valence-electron chi connectivity index (χ2n) is 8.15. The van der Waals surface area contributed by atoms with Crippen LogP contribution in [0, 0.1) is 6.92 Å². The second kappa shape index (κ2) is 12.3. The Kier molecular flexibility index (Phi) is 9.14. The number of benzene rings is 2. The van der Waals surface area contributed by atoms with Crippen molar-refractivity contribution < 1.29 is 14.0 Å². The molecule has 174 valence electrons. The van der Waals surface area contributed by atoms with Crippen LogP contribution in [-0.4, -0.2) is 41.2 Å². The van der Waals surface area contributed by atoms with E-state index in [1.807, 2.05) is 37.3 Å². The first-order valence-electron chi connectivity index (χ1n) is 11.4. The van der Waals surface area contributed by atoms with Crippen molar-refractivity contribution in [3.8, 4) is 0 Å². The smallest absolute Gasteiger partial charge is 0.254 e. The van der Waals surface area contributed by atoms with Crippen molar-refractivity contribution >= 4 is 23.4 Å². The van der Waals surface area contributed by atoms with Crippen LogP contribution in [0.25, 0.3) is 0 Å². The van der Waals surface area contributed by atoms with Crippen molar-refractivity contribution in [2.24, 2.45) is 0 Å². The molecule has 1 heterocycles. The van der Waals surface area contributed by atoms with Crippen LogP contribution >= 0.6 is 11.6 Å². The van der Waals surface area contributed by atoms with Gasteiger partial charge in [0.1, 0.15) is 18.1 Å². The van der Waals surface area contributed by atoms with Gasteiger partial charge in [0.25, 0.3) is 5.91 Å². The Morgan fingerprint density at radius 2 is 1.64 bits per heavy atom. The lowest BCUT2D eigenvalue weighted by atomic mass is 10.1. The summed E-state index contributed by atoms with van der Waals surface area (Å²) in [6, 6.07) is 20.7. The molecular weight excluding hydrogens is 436 g/mol. The van der Waals surface area contributed by atoms with Crippen LogP contribution in [0.5, 0.6) is 0 Å². The first-order valence-corrected chi connectivity index (χ1v) is 11.8. The summed E-state index contributed by atoms with van der Waals surface area (Å²) in [6.07, 6.45) is 2.49. The molecule has 5 nitrogen and oxygen atoms in total. The van der Waals surface area contributed by atoms with Crippen LogP contribution in [0.1, 0.15) is 47.2 Å². The van der Waals surface area contributed by atoms with Crippen LogP contribution in [0.4, 0.5) is 0 Å². The molecule has 3 aromatic rings. The molecule has 33 heavy (non-hydrogen) atoms. The fraction of sp³-hybridized carbons (Fsp3) is 0.333. The highest BCUT2D eigenvalue weighted by atomic mass is 35.5. The summed E-state index contributed by atoms with van der Waals surface area (Å²) in [7, 11) is 0. The minimum Gasteiger partial charge on any atom is -0.464 e. The van der Waals surface area contributed by atoms with Crippen molar-refractivity contribution in [1.82, 2.24) is 9.80 Å². The summed E-state index contributed by atoms with van der Waals surface area (Å²) in [4.78, 5) is 30.0. The highest BCUT2D eigenvalue weighted by molar-refractivity contribution is 6.30. The first-order chi connectivity index (χ1) is 16.0. The normalized spacial score (nSPS) is 10.8. The fourth-order valence-corrected chi connectivity index (χ4v) is 3.72. The minimum absolute atomic E-state index is 0.0238. The van der Waals surface area contributed by atoms with E-state index in [0.29, 0.717) is 30.2 Å². The van der Waals surface area contributed by atoms with Crippen LogP contribution in [0.2, 0.25) is 5.02 Å². The quantitative estimate of drug-likeness (QED) is 0.361. The van der Waals surface area contributed by atoms with Crippen LogP contribution in [0.15, 0.2) is 71.1 Å². The Hall–Kier alpha value is -3.05. The number of furan rings is 1. The molecule has 0 bridgehead atoms. The molecular formula is C27H31ClN2O3. The van der Waals surface area contributed by atoms with Crippen molar-refractivity contribution in [2.45, 2.75) is 39.7 Å². The average Bonchev–Trinajstić information content (AvgIpc) is 3.24. The number of unbranched alkanes of at least 4 members (excludes halogenated alkanes) is 1.